The van der Waals surface area contributed by atoms with E-state index >= 15 is 0 Å². The molecule has 0 aliphatic rings. The maximum Gasteiger partial charge on any atom is 0.0457 e. The van der Waals surface area contributed by atoms with E-state index in [1.54, 1.807) is 0 Å². The molecule has 0 atom stereocenters. The topological polar surface area (TPSA) is 40.7 Å². The van der Waals surface area contributed by atoms with Crippen molar-refractivity contribution in [1.82, 2.24) is 15.3 Å². The number of rotatable bonds is 5. The lowest BCUT2D eigenvalue weighted by molar-refractivity contribution is 0.687. The van der Waals surface area contributed by atoms with Crippen LogP contribution in [-0.2, 0) is 13.0 Å². The van der Waals surface area contributed by atoms with Crippen molar-refractivity contribution in [3.8, 4) is 0 Å². The average Bonchev–Trinajstić information content (AvgIpc) is 2.92. The minimum atomic E-state index is 0.903. The molecule has 3 rings (SSSR count). The summed E-state index contributed by atoms with van der Waals surface area (Å²) in [5, 5.41) is 4.74. The minimum Gasteiger partial charge on any atom is -0.361 e. The molecule has 0 bridgehead atoms. The molecule has 2 N–H and O–H groups in total. The molecule has 0 unspecified atom stereocenters. The number of H-pyrrole nitrogens is 1. The predicted molar refractivity (Wildman–Crippen MR) is 77.9 cm³/mol. The average molecular weight is 251 g/mol. The van der Waals surface area contributed by atoms with Gasteiger partial charge in [-0.3, -0.25) is 4.98 Å². The molecular formula is C16H17N3. The highest BCUT2D eigenvalue weighted by molar-refractivity contribution is 5.79. The second-order valence-corrected chi connectivity index (χ2v) is 4.68. The van der Waals surface area contributed by atoms with Crippen molar-refractivity contribution in [1.29, 1.82) is 0 Å². The molecule has 0 fully saturated rings. The Balaban J connectivity index is 1.52. The van der Waals surface area contributed by atoms with Crippen LogP contribution in [0, 0.1) is 0 Å². The molecule has 0 amide bonds. The van der Waals surface area contributed by atoms with E-state index in [0.717, 1.165) is 19.5 Å². The standard InChI is InChI=1S/C16H17N3/c1-2-15-6-10-19-16(15)11-14(1)12-18-9-5-13-3-7-17-8-4-13/h1-4,6-8,10-11,18-19H,5,9,12H2. The van der Waals surface area contributed by atoms with Crippen LogP contribution in [0.3, 0.4) is 0 Å². The third-order valence-corrected chi connectivity index (χ3v) is 3.29. The highest BCUT2D eigenvalue weighted by Gasteiger charge is 1.97. The number of aromatic amines is 1. The summed E-state index contributed by atoms with van der Waals surface area (Å²) in [6.45, 7) is 1.88. The van der Waals surface area contributed by atoms with Crippen LogP contribution in [0.25, 0.3) is 10.9 Å². The van der Waals surface area contributed by atoms with Crippen LogP contribution in [0.1, 0.15) is 11.1 Å². The van der Waals surface area contributed by atoms with Crippen LogP contribution in [0.15, 0.2) is 55.0 Å². The number of benzene rings is 1. The van der Waals surface area contributed by atoms with Crippen molar-refractivity contribution in [2.75, 3.05) is 6.54 Å². The van der Waals surface area contributed by atoms with E-state index in [1.165, 1.54) is 22.0 Å². The first-order chi connectivity index (χ1) is 9.42. The second kappa shape index (κ2) is 5.67. The van der Waals surface area contributed by atoms with Crippen LogP contribution in [0.2, 0.25) is 0 Å². The van der Waals surface area contributed by atoms with Gasteiger partial charge in [0.15, 0.2) is 0 Å². The zero-order chi connectivity index (χ0) is 12.9. The van der Waals surface area contributed by atoms with E-state index in [9.17, 15) is 0 Å². The van der Waals surface area contributed by atoms with Gasteiger partial charge in [-0.1, -0.05) is 12.1 Å². The molecule has 2 aromatic heterocycles. The molecule has 0 aliphatic carbocycles. The van der Waals surface area contributed by atoms with E-state index in [4.69, 9.17) is 0 Å². The Morgan fingerprint density at radius 1 is 1.00 bits per heavy atom. The van der Waals surface area contributed by atoms with E-state index < -0.39 is 0 Å². The van der Waals surface area contributed by atoms with Crippen LogP contribution < -0.4 is 5.32 Å². The maximum atomic E-state index is 4.02. The summed E-state index contributed by atoms with van der Waals surface area (Å²) >= 11 is 0. The third-order valence-electron chi connectivity index (χ3n) is 3.29. The van der Waals surface area contributed by atoms with Gasteiger partial charge >= 0.3 is 0 Å². The lowest BCUT2D eigenvalue weighted by atomic mass is 10.1. The van der Waals surface area contributed by atoms with Gasteiger partial charge in [-0.15, -0.1) is 0 Å². The molecule has 2 heterocycles. The molecular weight excluding hydrogens is 234 g/mol. The zero-order valence-corrected chi connectivity index (χ0v) is 10.8. The van der Waals surface area contributed by atoms with Crippen molar-refractivity contribution >= 4 is 10.9 Å². The SMILES string of the molecule is c1cc(CCNCc2ccc3cc[nH]c3c2)ccn1. The Morgan fingerprint density at radius 2 is 1.89 bits per heavy atom. The van der Waals surface area contributed by atoms with E-state index in [0.29, 0.717) is 0 Å². The molecule has 0 aliphatic heterocycles. The van der Waals surface area contributed by atoms with Crippen LogP contribution in [-0.4, -0.2) is 16.5 Å². The number of hydrogen-bond donors (Lipinski definition) is 2. The molecule has 0 radical (unpaired) electrons. The molecule has 3 nitrogen and oxygen atoms in total. The molecule has 19 heavy (non-hydrogen) atoms. The first kappa shape index (κ1) is 11.9. The van der Waals surface area contributed by atoms with Crippen molar-refractivity contribution in [2.45, 2.75) is 13.0 Å². The Hall–Kier alpha value is -2.13. The highest BCUT2D eigenvalue weighted by Crippen LogP contribution is 2.13. The van der Waals surface area contributed by atoms with Gasteiger partial charge in [0.2, 0.25) is 0 Å². The van der Waals surface area contributed by atoms with Gasteiger partial charge in [0.25, 0.3) is 0 Å². The monoisotopic (exact) mass is 251 g/mol. The Bertz CT molecular complexity index is 643. The summed E-state index contributed by atoms with van der Waals surface area (Å²) in [5.41, 5.74) is 3.83. The summed E-state index contributed by atoms with van der Waals surface area (Å²) in [4.78, 5) is 7.26. The lowest BCUT2D eigenvalue weighted by Crippen LogP contribution is -2.16. The summed E-state index contributed by atoms with van der Waals surface area (Å²) in [6.07, 6.45) is 6.70. The molecule has 0 spiro atoms. The fourth-order valence-corrected chi connectivity index (χ4v) is 2.22. The van der Waals surface area contributed by atoms with Crippen LogP contribution >= 0.6 is 0 Å². The number of fused-ring (bicyclic) bond motifs is 1. The van der Waals surface area contributed by atoms with Crippen molar-refractivity contribution in [2.24, 2.45) is 0 Å². The molecule has 3 aromatic rings. The Kier molecular flexibility index (Phi) is 3.56. The Morgan fingerprint density at radius 3 is 2.79 bits per heavy atom. The number of aromatic nitrogens is 2. The minimum absolute atomic E-state index is 0.903. The quantitative estimate of drug-likeness (QED) is 0.685. The molecule has 96 valence electrons. The summed E-state index contributed by atoms with van der Waals surface area (Å²) in [5.74, 6) is 0. The largest absolute Gasteiger partial charge is 0.361 e. The van der Waals surface area contributed by atoms with Crippen LogP contribution in [0.5, 0.6) is 0 Å². The number of nitrogens with one attached hydrogen (secondary N) is 2. The number of hydrogen-bond acceptors (Lipinski definition) is 2. The van der Waals surface area contributed by atoms with E-state index in [-0.39, 0.29) is 0 Å². The second-order valence-electron chi connectivity index (χ2n) is 4.68. The summed E-state index contributed by atoms with van der Waals surface area (Å²) < 4.78 is 0. The normalized spacial score (nSPS) is 10.9. The van der Waals surface area contributed by atoms with E-state index in [1.807, 2.05) is 18.6 Å². The Labute approximate surface area is 112 Å². The number of nitrogens with zero attached hydrogens (tertiary/aromatic N) is 1. The van der Waals surface area contributed by atoms with Crippen molar-refractivity contribution in [3.63, 3.8) is 0 Å². The van der Waals surface area contributed by atoms with E-state index in [2.05, 4.69) is 51.7 Å². The summed E-state index contributed by atoms with van der Waals surface area (Å²) in [6, 6.07) is 12.8. The van der Waals surface area contributed by atoms with Gasteiger partial charge in [0.05, 0.1) is 0 Å². The maximum absolute atomic E-state index is 4.02. The number of pyridine rings is 1. The van der Waals surface area contributed by atoms with Crippen LogP contribution in [0.4, 0.5) is 0 Å². The van der Waals surface area contributed by atoms with Crippen molar-refractivity contribution in [3.05, 3.63) is 66.1 Å². The molecule has 0 saturated heterocycles. The fraction of sp³-hybridized carbons (Fsp3) is 0.188. The molecule has 1 aromatic carbocycles. The first-order valence-electron chi connectivity index (χ1n) is 6.57. The smallest absolute Gasteiger partial charge is 0.0457 e. The zero-order valence-electron chi connectivity index (χ0n) is 10.8. The highest BCUT2D eigenvalue weighted by atomic mass is 14.8. The van der Waals surface area contributed by atoms with Gasteiger partial charge in [-0.2, -0.15) is 0 Å². The predicted octanol–water partition coefficient (Wildman–Crippen LogP) is 2.90. The molecule has 0 saturated carbocycles. The van der Waals surface area contributed by atoms with Gasteiger partial charge < -0.3 is 10.3 Å². The van der Waals surface area contributed by atoms with Gasteiger partial charge in [-0.25, -0.2) is 0 Å². The molecule has 3 heteroatoms. The lowest BCUT2D eigenvalue weighted by Gasteiger charge is -2.05. The van der Waals surface area contributed by atoms with Gasteiger partial charge in [-0.05, 0) is 53.7 Å². The fourth-order valence-electron chi connectivity index (χ4n) is 2.22. The third kappa shape index (κ3) is 3.01. The van der Waals surface area contributed by atoms with Gasteiger partial charge in [0, 0.05) is 30.7 Å². The van der Waals surface area contributed by atoms with Crippen molar-refractivity contribution < 1.29 is 0 Å². The van der Waals surface area contributed by atoms with Gasteiger partial charge in [0.1, 0.15) is 0 Å². The summed E-state index contributed by atoms with van der Waals surface area (Å²) in [7, 11) is 0. The first-order valence-corrected chi connectivity index (χ1v) is 6.57.